The minimum atomic E-state index is -0.363. The zero-order chi connectivity index (χ0) is 14.7. The second kappa shape index (κ2) is 5.61. The van der Waals surface area contributed by atoms with Gasteiger partial charge >= 0.3 is 5.69 Å². The fraction of sp³-hybridized carbons (Fsp3) is 0.357. The van der Waals surface area contributed by atoms with E-state index in [0.29, 0.717) is 29.3 Å². The van der Waals surface area contributed by atoms with Gasteiger partial charge in [-0.25, -0.2) is 4.79 Å². The highest BCUT2D eigenvalue weighted by Gasteiger charge is 2.13. The predicted molar refractivity (Wildman–Crippen MR) is 74.1 cm³/mol. The highest BCUT2D eigenvalue weighted by atomic mass is 16.5. The second-order valence-electron chi connectivity index (χ2n) is 4.26. The lowest BCUT2D eigenvalue weighted by molar-refractivity contribution is 0.355. The molecule has 0 saturated heterocycles. The van der Waals surface area contributed by atoms with Gasteiger partial charge < -0.3 is 9.47 Å². The molecule has 6 heteroatoms. The van der Waals surface area contributed by atoms with Gasteiger partial charge in [-0.15, -0.1) is 0 Å². The third kappa shape index (κ3) is 2.30. The summed E-state index contributed by atoms with van der Waals surface area (Å²) in [5, 5.41) is 9.50. The molecule has 20 heavy (non-hydrogen) atoms. The summed E-state index contributed by atoms with van der Waals surface area (Å²) in [5.41, 5.74) is 0.951. The summed E-state index contributed by atoms with van der Waals surface area (Å²) < 4.78 is 12.0. The maximum absolute atomic E-state index is 12.0. The van der Waals surface area contributed by atoms with E-state index in [1.165, 1.54) is 11.7 Å². The monoisotopic (exact) mass is 273 g/mol. The van der Waals surface area contributed by atoms with Gasteiger partial charge in [-0.05, 0) is 13.0 Å². The van der Waals surface area contributed by atoms with E-state index in [4.69, 9.17) is 14.7 Å². The lowest BCUT2D eigenvalue weighted by Gasteiger charge is -2.13. The molecule has 1 heterocycles. The van der Waals surface area contributed by atoms with Crippen molar-refractivity contribution >= 4 is 10.9 Å². The number of methoxy groups -OCH3 is 2. The number of nitrogens with zero attached hydrogens (tertiary/aromatic N) is 3. The molecule has 6 nitrogen and oxygen atoms in total. The Labute approximate surface area is 116 Å². The van der Waals surface area contributed by atoms with Crippen LogP contribution in [0.1, 0.15) is 12.1 Å². The second-order valence-corrected chi connectivity index (χ2v) is 4.26. The van der Waals surface area contributed by atoms with Crippen LogP contribution in [0.25, 0.3) is 10.9 Å². The molecule has 0 fully saturated rings. The van der Waals surface area contributed by atoms with Gasteiger partial charge in [0, 0.05) is 18.0 Å². The Bertz CT molecular complexity index is 744. The largest absolute Gasteiger partial charge is 0.493 e. The molecule has 0 amide bonds. The summed E-state index contributed by atoms with van der Waals surface area (Å²) in [6, 6.07) is 5.56. The number of ether oxygens (including phenoxy) is 2. The lowest BCUT2D eigenvalue weighted by Crippen LogP contribution is -2.24. The Morgan fingerprint density at radius 1 is 1.30 bits per heavy atom. The molecule has 1 aromatic heterocycles. The Morgan fingerprint density at radius 2 is 1.95 bits per heavy atom. The van der Waals surface area contributed by atoms with Crippen LogP contribution < -0.4 is 15.2 Å². The van der Waals surface area contributed by atoms with E-state index in [1.807, 2.05) is 6.07 Å². The molecule has 0 aliphatic carbocycles. The van der Waals surface area contributed by atoms with Gasteiger partial charge in [-0.3, -0.25) is 4.57 Å². The highest BCUT2D eigenvalue weighted by Crippen LogP contribution is 2.32. The van der Waals surface area contributed by atoms with Gasteiger partial charge in [-0.2, -0.15) is 10.2 Å². The molecule has 2 aromatic rings. The Balaban J connectivity index is 2.79. The number of benzene rings is 1. The highest BCUT2D eigenvalue weighted by molar-refractivity contribution is 5.85. The first kappa shape index (κ1) is 13.9. The molecule has 0 atom stereocenters. The van der Waals surface area contributed by atoms with Crippen molar-refractivity contribution in [1.29, 1.82) is 5.26 Å². The Hall–Kier alpha value is -2.55. The van der Waals surface area contributed by atoms with Crippen LogP contribution in [-0.2, 0) is 6.54 Å². The van der Waals surface area contributed by atoms with Gasteiger partial charge in [0.05, 0.1) is 37.9 Å². The summed E-state index contributed by atoms with van der Waals surface area (Å²) in [4.78, 5) is 16.0. The molecular formula is C14H15N3O3. The molecule has 0 radical (unpaired) electrons. The zero-order valence-corrected chi connectivity index (χ0v) is 11.6. The number of nitriles is 1. The van der Waals surface area contributed by atoms with Crippen molar-refractivity contribution in [3.05, 3.63) is 28.3 Å². The van der Waals surface area contributed by atoms with Gasteiger partial charge in [-0.1, -0.05) is 0 Å². The van der Waals surface area contributed by atoms with E-state index in [-0.39, 0.29) is 12.1 Å². The van der Waals surface area contributed by atoms with Crippen molar-refractivity contribution in [3.63, 3.8) is 0 Å². The van der Waals surface area contributed by atoms with Crippen molar-refractivity contribution in [2.75, 3.05) is 14.2 Å². The maximum Gasteiger partial charge on any atom is 0.348 e. The van der Waals surface area contributed by atoms with Crippen LogP contribution in [0.2, 0.25) is 0 Å². The van der Waals surface area contributed by atoms with Crippen LogP contribution >= 0.6 is 0 Å². The topological polar surface area (TPSA) is 77.1 Å². The van der Waals surface area contributed by atoms with Crippen LogP contribution in [-0.4, -0.2) is 23.8 Å². The van der Waals surface area contributed by atoms with E-state index < -0.39 is 0 Å². The van der Waals surface area contributed by atoms with Crippen molar-refractivity contribution in [2.45, 2.75) is 19.9 Å². The van der Waals surface area contributed by atoms with Gasteiger partial charge in [0.15, 0.2) is 11.5 Å². The van der Waals surface area contributed by atoms with E-state index in [2.05, 4.69) is 4.98 Å². The van der Waals surface area contributed by atoms with Crippen LogP contribution in [0.15, 0.2) is 16.9 Å². The number of hydrogen-bond donors (Lipinski definition) is 0. The molecule has 0 spiro atoms. The normalized spacial score (nSPS) is 10.3. The van der Waals surface area contributed by atoms with Crippen LogP contribution in [0.3, 0.4) is 0 Å². The van der Waals surface area contributed by atoms with Crippen molar-refractivity contribution < 1.29 is 9.47 Å². The molecule has 0 bridgehead atoms. The minimum absolute atomic E-state index is 0.244. The molecule has 0 saturated carbocycles. The van der Waals surface area contributed by atoms with Gasteiger partial charge in [0.2, 0.25) is 0 Å². The molecule has 1 aromatic carbocycles. The quantitative estimate of drug-likeness (QED) is 0.846. The number of hydrogen-bond acceptors (Lipinski definition) is 5. The summed E-state index contributed by atoms with van der Waals surface area (Å²) in [5.74, 6) is 1.12. The average Bonchev–Trinajstić information content (AvgIpc) is 2.45. The first-order valence-electron chi connectivity index (χ1n) is 6.12. The van der Waals surface area contributed by atoms with Crippen LogP contribution in [0.5, 0.6) is 11.5 Å². The Morgan fingerprint density at radius 3 is 2.55 bits per heavy atom. The first-order chi connectivity index (χ1) is 9.62. The van der Waals surface area contributed by atoms with E-state index in [0.717, 1.165) is 5.39 Å². The predicted octanol–water partition coefficient (Wildman–Crippen LogP) is 1.64. The molecule has 2 rings (SSSR count). The number of rotatable bonds is 4. The fourth-order valence-electron chi connectivity index (χ4n) is 2.13. The number of aromatic nitrogens is 2. The van der Waals surface area contributed by atoms with E-state index in [1.54, 1.807) is 26.2 Å². The van der Waals surface area contributed by atoms with Crippen molar-refractivity contribution in [3.8, 4) is 17.6 Å². The third-order valence-electron chi connectivity index (χ3n) is 3.12. The third-order valence-corrected chi connectivity index (χ3v) is 3.12. The minimum Gasteiger partial charge on any atom is -0.493 e. The average molecular weight is 273 g/mol. The van der Waals surface area contributed by atoms with Crippen LogP contribution in [0.4, 0.5) is 0 Å². The number of fused-ring (bicyclic) bond motifs is 1. The van der Waals surface area contributed by atoms with E-state index in [9.17, 15) is 4.79 Å². The summed E-state index contributed by atoms with van der Waals surface area (Å²) >= 11 is 0. The lowest BCUT2D eigenvalue weighted by atomic mass is 10.1. The molecule has 0 aliphatic heterocycles. The standard InChI is InChI=1S/C14H15N3O3/c1-9-10-7-12(19-2)13(20-3)8-11(10)17(6-4-5-15)14(18)16-9/h7-8H,4,6H2,1-3H3. The van der Waals surface area contributed by atoms with Gasteiger partial charge in [0.1, 0.15) is 0 Å². The van der Waals surface area contributed by atoms with Crippen molar-refractivity contribution in [2.24, 2.45) is 0 Å². The zero-order valence-electron chi connectivity index (χ0n) is 11.6. The molecule has 0 aliphatic rings. The Kier molecular flexibility index (Phi) is 3.89. The molecule has 104 valence electrons. The van der Waals surface area contributed by atoms with Crippen LogP contribution in [0, 0.1) is 18.3 Å². The van der Waals surface area contributed by atoms with E-state index >= 15 is 0 Å². The summed E-state index contributed by atoms with van der Waals surface area (Å²) in [7, 11) is 3.09. The fourth-order valence-corrected chi connectivity index (χ4v) is 2.13. The molecule has 0 N–H and O–H groups in total. The maximum atomic E-state index is 12.0. The van der Waals surface area contributed by atoms with Gasteiger partial charge in [0.25, 0.3) is 0 Å². The smallest absolute Gasteiger partial charge is 0.348 e. The van der Waals surface area contributed by atoms with Crippen molar-refractivity contribution in [1.82, 2.24) is 9.55 Å². The first-order valence-corrected chi connectivity index (χ1v) is 6.12. The SMILES string of the molecule is COc1cc2c(C)nc(=O)n(CCC#N)c2cc1OC. The summed E-state index contributed by atoms with van der Waals surface area (Å²) in [6.07, 6.45) is 0.244. The molecular weight excluding hydrogens is 258 g/mol. The number of aryl methyl sites for hydroxylation is 2. The summed E-state index contributed by atoms with van der Waals surface area (Å²) in [6.45, 7) is 2.07. The molecule has 0 unspecified atom stereocenters.